The van der Waals surface area contributed by atoms with Crippen LogP contribution in [0.25, 0.3) is 11.1 Å². The van der Waals surface area contributed by atoms with Crippen molar-refractivity contribution in [3.63, 3.8) is 0 Å². The molecule has 0 saturated carbocycles. The minimum atomic E-state index is 0.0755. The Morgan fingerprint density at radius 2 is 1.87 bits per heavy atom. The van der Waals surface area contributed by atoms with E-state index in [1.54, 1.807) is 11.3 Å². The van der Waals surface area contributed by atoms with Gasteiger partial charge in [-0.3, -0.25) is 9.69 Å². The number of likely N-dealkylation sites (tertiary alicyclic amines) is 1. The van der Waals surface area contributed by atoms with E-state index < -0.39 is 0 Å². The first-order valence-corrected chi connectivity index (χ1v) is 11.6. The van der Waals surface area contributed by atoms with E-state index in [1.165, 1.54) is 16.0 Å². The largest absolute Gasteiger partial charge is 0.354 e. The zero-order valence-electron chi connectivity index (χ0n) is 18.5. The molecule has 0 aliphatic carbocycles. The standard InChI is InChI=1S/C25H30N4OS/c1-18-5-4-6-21(15-18)19-7-9-22(10-8-19)27-24(30)20-11-13-29(14-12-20)17-23-16-26-25(31-23)28(2)3/h4-10,15-16,20H,11-14,17H2,1-3H3,(H,27,30). The van der Waals surface area contributed by atoms with Gasteiger partial charge in [-0.25, -0.2) is 4.98 Å². The van der Waals surface area contributed by atoms with Crippen molar-refractivity contribution in [2.45, 2.75) is 26.3 Å². The van der Waals surface area contributed by atoms with Crippen LogP contribution in [0, 0.1) is 12.8 Å². The van der Waals surface area contributed by atoms with Gasteiger partial charge in [-0.1, -0.05) is 42.0 Å². The van der Waals surface area contributed by atoms with E-state index in [0.29, 0.717) is 0 Å². The van der Waals surface area contributed by atoms with Crippen LogP contribution < -0.4 is 10.2 Å². The molecule has 2 heterocycles. The van der Waals surface area contributed by atoms with Gasteiger partial charge < -0.3 is 10.2 Å². The third-order valence-electron chi connectivity index (χ3n) is 5.77. The number of aromatic nitrogens is 1. The van der Waals surface area contributed by atoms with Gasteiger partial charge in [0.05, 0.1) is 0 Å². The molecule has 3 aromatic rings. The van der Waals surface area contributed by atoms with Crippen LogP contribution in [-0.4, -0.2) is 43.0 Å². The zero-order chi connectivity index (χ0) is 21.8. The van der Waals surface area contributed by atoms with E-state index in [9.17, 15) is 4.79 Å². The van der Waals surface area contributed by atoms with E-state index in [4.69, 9.17) is 0 Å². The van der Waals surface area contributed by atoms with Gasteiger partial charge in [0.15, 0.2) is 5.13 Å². The van der Waals surface area contributed by atoms with Crippen molar-refractivity contribution in [2.75, 3.05) is 37.4 Å². The molecule has 5 nitrogen and oxygen atoms in total. The highest BCUT2D eigenvalue weighted by Gasteiger charge is 2.25. The molecule has 0 bridgehead atoms. The number of hydrogen-bond donors (Lipinski definition) is 1. The van der Waals surface area contributed by atoms with Crippen LogP contribution in [0.1, 0.15) is 23.3 Å². The first-order valence-electron chi connectivity index (χ1n) is 10.8. The normalized spacial score (nSPS) is 15.1. The molecule has 6 heteroatoms. The molecule has 31 heavy (non-hydrogen) atoms. The fraction of sp³-hybridized carbons (Fsp3) is 0.360. The molecule has 1 saturated heterocycles. The van der Waals surface area contributed by atoms with Crippen LogP contribution in [0.15, 0.2) is 54.7 Å². The van der Waals surface area contributed by atoms with Crippen LogP contribution in [-0.2, 0) is 11.3 Å². The van der Waals surface area contributed by atoms with Gasteiger partial charge in [-0.2, -0.15) is 0 Å². The Hall–Kier alpha value is -2.70. The lowest BCUT2D eigenvalue weighted by Crippen LogP contribution is -2.37. The fourth-order valence-corrected chi connectivity index (χ4v) is 4.84. The number of amides is 1. The number of aryl methyl sites for hydroxylation is 1. The SMILES string of the molecule is Cc1cccc(-c2ccc(NC(=O)C3CCN(Cc4cnc(N(C)C)s4)CC3)cc2)c1. The number of hydrogen-bond acceptors (Lipinski definition) is 5. The summed E-state index contributed by atoms with van der Waals surface area (Å²) in [6.45, 7) is 4.90. The quantitative estimate of drug-likeness (QED) is 0.591. The van der Waals surface area contributed by atoms with Crippen LogP contribution >= 0.6 is 11.3 Å². The number of piperidine rings is 1. The average Bonchev–Trinajstić information content (AvgIpc) is 3.24. The summed E-state index contributed by atoms with van der Waals surface area (Å²) in [7, 11) is 4.03. The molecule has 1 aromatic heterocycles. The fourth-order valence-electron chi connectivity index (χ4n) is 3.97. The zero-order valence-corrected chi connectivity index (χ0v) is 19.3. The van der Waals surface area contributed by atoms with E-state index in [1.807, 2.05) is 37.3 Å². The molecule has 1 fully saturated rings. The number of anilines is 2. The minimum absolute atomic E-state index is 0.0755. The van der Waals surface area contributed by atoms with Crippen LogP contribution in [0.2, 0.25) is 0 Å². The number of carbonyl (C=O) groups excluding carboxylic acids is 1. The number of benzene rings is 2. The second-order valence-electron chi connectivity index (χ2n) is 8.49. The van der Waals surface area contributed by atoms with E-state index >= 15 is 0 Å². The second-order valence-corrected chi connectivity index (χ2v) is 9.58. The molecule has 1 N–H and O–H groups in total. The van der Waals surface area contributed by atoms with Crippen LogP contribution in [0.5, 0.6) is 0 Å². The Balaban J connectivity index is 1.28. The predicted octanol–water partition coefficient (Wildman–Crippen LogP) is 5.04. The Kier molecular flexibility index (Phi) is 6.68. The molecule has 0 unspecified atom stereocenters. The lowest BCUT2D eigenvalue weighted by atomic mass is 9.95. The van der Waals surface area contributed by atoms with E-state index in [2.05, 4.69) is 58.5 Å². The number of nitrogens with one attached hydrogen (secondary N) is 1. The summed E-state index contributed by atoms with van der Waals surface area (Å²) in [6, 6.07) is 16.6. The summed E-state index contributed by atoms with van der Waals surface area (Å²) in [5, 5.41) is 4.15. The number of nitrogens with zero attached hydrogens (tertiary/aromatic N) is 3. The highest BCUT2D eigenvalue weighted by Crippen LogP contribution is 2.26. The van der Waals surface area contributed by atoms with Crippen molar-refractivity contribution in [1.29, 1.82) is 0 Å². The van der Waals surface area contributed by atoms with Crippen molar-refractivity contribution >= 4 is 28.1 Å². The van der Waals surface area contributed by atoms with Gasteiger partial charge in [-0.05, 0) is 56.1 Å². The Morgan fingerprint density at radius 3 is 2.52 bits per heavy atom. The molecule has 0 radical (unpaired) electrons. The Labute approximate surface area is 188 Å². The monoisotopic (exact) mass is 434 g/mol. The molecule has 1 amide bonds. The van der Waals surface area contributed by atoms with E-state index in [0.717, 1.165) is 48.9 Å². The third kappa shape index (κ3) is 5.51. The van der Waals surface area contributed by atoms with Gasteiger partial charge in [0, 0.05) is 43.3 Å². The summed E-state index contributed by atoms with van der Waals surface area (Å²) < 4.78 is 0. The van der Waals surface area contributed by atoms with Crippen molar-refractivity contribution in [1.82, 2.24) is 9.88 Å². The van der Waals surface area contributed by atoms with Gasteiger partial charge >= 0.3 is 0 Å². The van der Waals surface area contributed by atoms with Crippen LogP contribution in [0.3, 0.4) is 0 Å². The number of thiazole rings is 1. The predicted molar refractivity (Wildman–Crippen MR) is 130 cm³/mol. The summed E-state index contributed by atoms with van der Waals surface area (Å²) in [5.74, 6) is 0.210. The van der Waals surface area contributed by atoms with Gasteiger partial charge in [-0.15, -0.1) is 11.3 Å². The molecular formula is C25H30N4OS. The molecular weight excluding hydrogens is 404 g/mol. The Bertz CT molecular complexity index is 1020. The molecule has 1 aliphatic heterocycles. The molecule has 4 rings (SSSR count). The topological polar surface area (TPSA) is 48.5 Å². The Morgan fingerprint density at radius 1 is 1.13 bits per heavy atom. The second kappa shape index (κ2) is 9.62. The van der Waals surface area contributed by atoms with Crippen molar-refractivity contribution in [3.05, 3.63) is 65.2 Å². The van der Waals surface area contributed by atoms with Gasteiger partial charge in [0.25, 0.3) is 0 Å². The molecule has 0 spiro atoms. The van der Waals surface area contributed by atoms with Crippen LogP contribution in [0.4, 0.5) is 10.8 Å². The summed E-state index contributed by atoms with van der Waals surface area (Å²) in [5.41, 5.74) is 4.47. The molecule has 1 aliphatic rings. The van der Waals surface area contributed by atoms with Gasteiger partial charge in [0.1, 0.15) is 0 Å². The summed E-state index contributed by atoms with van der Waals surface area (Å²) in [4.78, 5) is 23.0. The molecule has 2 aromatic carbocycles. The minimum Gasteiger partial charge on any atom is -0.354 e. The van der Waals surface area contributed by atoms with Crippen molar-refractivity contribution < 1.29 is 4.79 Å². The lowest BCUT2D eigenvalue weighted by Gasteiger charge is -2.30. The highest BCUT2D eigenvalue weighted by molar-refractivity contribution is 7.15. The molecule has 0 atom stereocenters. The smallest absolute Gasteiger partial charge is 0.227 e. The maximum Gasteiger partial charge on any atom is 0.227 e. The number of carbonyl (C=O) groups is 1. The average molecular weight is 435 g/mol. The third-order valence-corrected chi connectivity index (χ3v) is 6.92. The highest BCUT2D eigenvalue weighted by atomic mass is 32.1. The maximum atomic E-state index is 12.8. The summed E-state index contributed by atoms with van der Waals surface area (Å²) in [6.07, 6.45) is 3.76. The first kappa shape index (κ1) is 21.5. The van der Waals surface area contributed by atoms with E-state index in [-0.39, 0.29) is 11.8 Å². The first-order chi connectivity index (χ1) is 15.0. The van der Waals surface area contributed by atoms with Crippen molar-refractivity contribution in [2.24, 2.45) is 5.92 Å². The van der Waals surface area contributed by atoms with Gasteiger partial charge in [0.2, 0.25) is 5.91 Å². The maximum absolute atomic E-state index is 12.8. The number of rotatable bonds is 6. The lowest BCUT2D eigenvalue weighted by molar-refractivity contribution is -0.121. The molecule has 162 valence electrons. The summed E-state index contributed by atoms with van der Waals surface area (Å²) >= 11 is 1.74. The van der Waals surface area contributed by atoms with Crippen molar-refractivity contribution in [3.8, 4) is 11.1 Å².